The van der Waals surface area contributed by atoms with E-state index in [1.165, 1.54) is 0 Å². The molecule has 0 saturated carbocycles. The molecule has 128 valence electrons. The van der Waals surface area contributed by atoms with Crippen molar-refractivity contribution in [2.24, 2.45) is 0 Å². The van der Waals surface area contributed by atoms with Crippen LogP contribution in [0.3, 0.4) is 0 Å². The number of nitrogens with zero attached hydrogens (tertiary/aromatic N) is 1. The second-order valence-corrected chi connectivity index (χ2v) is 6.50. The molecular weight excluding hydrogens is 347 g/mol. The highest BCUT2D eigenvalue weighted by atomic mass is 35.5. The first kappa shape index (κ1) is 18.6. The minimum absolute atomic E-state index is 0.159. The summed E-state index contributed by atoms with van der Waals surface area (Å²) in [4.78, 5) is 14.1. The molecule has 1 amide bonds. The lowest BCUT2D eigenvalue weighted by Gasteiger charge is -2.18. The molecule has 0 saturated heterocycles. The molecule has 0 spiro atoms. The SMILES string of the molecule is COc1ccc(C)cc1CN(C)CC(=O)Nc1cc(Cl)ccc1Cl. The number of amides is 1. The topological polar surface area (TPSA) is 41.6 Å². The van der Waals surface area contributed by atoms with Gasteiger partial charge in [0.2, 0.25) is 5.91 Å². The van der Waals surface area contributed by atoms with Gasteiger partial charge in [-0.2, -0.15) is 0 Å². The van der Waals surface area contributed by atoms with Gasteiger partial charge in [-0.25, -0.2) is 0 Å². The van der Waals surface area contributed by atoms with E-state index in [0.29, 0.717) is 22.3 Å². The Hall–Kier alpha value is -1.75. The van der Waals surface area contributed by atoms with Gasteiger partial charge in [0.05, 0.1) is 24.4 Å². The van der Waals surface area contributed by atoms with E-state index in [0.717, 1.165) is 16.9 Å². The van der Waals surface area contributed by atoms with Crippen molar-refractivity contribution in [3.8, 4) is 5.75 Å². The number of likely N-dealkylation sites (N-methyl/N-ethyl adjacent to an activating group) is 1. The third-order valence-corrected chi connectivity index (χ3v) is 4.06. The molecule has 24 heavy (non-hydrogen) atoms. The monoisotopic (exact) mass is 366 g/mol. The summed E-state index contributed by atoms with van der Waals surface area (Å²) in [5, 5.41) is 3.75. The van der Waals surface area contributed by atoms with Crippen LogP contribution in [0.25, 0.3) is 0 Å². The Bertz CT molecular complexity index is 735. The van der Waals surface area contributed by atoms with Gasteiger partial charge in [0, 0.05) is 17.1 Å². The van der Waals surface area contributed by atoms with E-state index in [-0.39, 0.29) is 12.5 Å². The van der Waals surface area contributed by atoms with Gasteiger partial charge in [-0.05, 0) is 38.2 Å². The summed E-state index contributed by atoms with van der Waals surface area (Å²) in [6, 6.07) is 10.9. The fraction of sp³-hybridized carbons (Fsp3) is 0.278. The summed E-state index contributed by atoms with van der Waals surface area (Å²) in [6.07, 6.45) is 0. The molecule has 2 rings (SSSR count). The van der Waals surface area contributed by atoms with Crippen LogP contribution in [0.4, 0.5) is 5.69 Å². The molecule has 0 radical (unpaired) electrons. The number of halogens is 2. The zero-order valence-electron chi connectivity index (χ0n) is 13.9. The van der Waals surface area contributed by atoms with Crippen molar-refractivity contribution in [1.29, 1.82) is 0 Å². The Morgan fingerprint density at radius 1 is 1.21 bits per heavy atom. The first-order chi connectivity index (χ1) is 11.4. The molecule has 0 aliphatic heterocycles. The first-order valence-electron chi connectivity index (χ1n) is 7.46. The van der Waals surface area contributed by atoms with Crippen molar-refractivity contribution >= 4 is 34.8 Å². The molecule has 0 atom stereocenters. The van der Waals surface area contributed by atoms with Crippen molar-refractivity contribution in [1.82, 2.24) is 4.90 Å². The van der Waals surface area contributed by atoms with Gasteiger partial charge in [0.15, 0.2) is 0 Å². The predicted molar refractivity (Wildman–Crippen MR) is 99.2 cm³/mol. The minimum Gasteiger partial charge on any atom is -0.496 e. The smallest absolute Gasteiger partial charge is 0.238 e. The van der Waals surface area contributed by atoms with Gasteiger partial charge in [-0.15, -0.1) is 0 Å². The number of hydrogen-bond donors (Lipinski definition) is 1. The Kier molecular flexibility index (Phi) is 6.49. The summed E-state index contributed by atoms with van der Waals surface area (Å²) >= 11 is 12.0. The molecule has 0 aromatic heterocycles. The third-order valence-electron chi connectivity index (χ3n) is 3.49. The van der Waals surface area contributed by atoms with Crippen molar-refractivity contribution < 1.29 is 9.53 Å². The maximum absolute atomic E-state index is 12.2. The van der Waals surface area contributed by atoms with Crippen molar-refractivity contribution in [3.63, 3.8) is 0 Å². The average molecular weight is 367 g/mol. The molecule has 2 aromatic carbocycles. The lowest BCUT2D eigenvalue weighted by molar-refractivity contribution is -0.117. The fourth-order valence-corrected chi connectivity index (χ4v) is 2.74. The Balaban J connectivity index is 1.99. The number of ether oxygens (including phenoxy) is 1. The highest BCUT2D eigenvalue weighted by molar-refractivity contribution is 6.35. The number of carbonyl (C=O) groups is 1. The van der Waals surface area contributed by atoms with E-state index in [1.54, 1.807) is 25.3 Å². The molecule has 0 unspecified atom stereocenters. The van der Waals surface area contributed by atoms with Gasteiger partial charge in [-0.1, -0.05) is 40.9 Å². The van der Waals surface area contributed by atoms with E-state index in [2.05, 4.69) is 11.4 Å². The van der Waals surface area contributed by atoms with Crippen LogP contribution in [0.1, 0.15) is 11.1 Å². The van der Waals surface area contributed by atoms with E-state index in [9.17, 15) is 4.79 Å². The second-order valence-electron chi connectivity index (χ2n) is 5.66. The van der Waals surface area contributed by atoms with Crippen LogP contribution in [0.5, 0.6) is 5.75 Å². The zero-order chi connectivity index (χ0) is 17.7. The highest BCUT2D eigenvalue weighted by Gasteiger charge is 2.12. The molecule has 2 aromatic rings. The largest absolute Gasteiger partial charge is 0.496 e. The van der Waals surface area contributed by atoms with E-state index >= 15 is 0 Å². The summed E-state index contributed by atoms with van der Waals surface area (Å²) in [5.41, 5.74) is 2.69. The Labute approximate surface area is 152 Å². The van der Waals surface area contributed by atoms with Crippen LogP contribution in [-0.4, -0.2) is 31.5 Å². The van der Waals surface area contributed by atoms with E-state index in [4.69, 9.17) is 27.9 Å². The van der Waals surface area contributed by atoms with Crippen LogP contribution in [0.2, 0.25) is 10.0 Å². The Morgan fingerprint density at radius 2 is 1.96 bits per heavy atom. The van der Waals surface area contributed by atoms with Crippen LogP contribution in [0.15, 0.2) is 36.4 Å². The first-order valence-corrected chi connectivity index (χ1v) is 8.21. The second kappa shape index (κ2) is 8.38. The quantitative estimate of drug-likeness (QED) is 0.824. The van der Waals surface area contributed by atoms with Gasteiger partial charge >= 0.3 is 0 Å². The average Bonchev–Trinajstić information content (AvgIpc) is 2.51. The number of anilines is 1. The van der Waals surface area contributed by atoms with Gasteiger partial charge in [-0.3, -0.25) is 9.69 Å². The van der Waals surface area contributed by atoms with E-state index < -0.39 is 0 Å². The Morgan fingerprint density at radius 3 is 2.67 bits per heavy atom. The number of methoxy groups -OCH3 is 1. The molecule has 0 heterocycles. The van der Waals surface area contributed by atoms with Crippen molar-refractivity contribution in [2.75, 3.05) is 26.0 Å². The minimum atomic E-state index is -0.159. The molecular formula is C18H20Cl2N2O2. The predicted octanol–water partition coefficient (Wildman–Crippen LogP) is 4.38. The highest BCUT2D eigenvalue weighted by Crippen LogP contribution is 2.25. The van der Waals surface area contributed by atoms with Crippen LogP contribution in [0, 0.1) is 6.92 Å². The number of benzene rings is 2. The van der Waals surface area contributed by atoms with Gasteiger partial charge in [0.1, 0.15) is 5.75 Å². The van der Waals surface area contributed by atoms with Gasteiger partial charge < -0.3 is 10.1 Å². The van der Waals surface area contributed by atoms with Gasteiger partial charge in [0.25, 0.3) is 0 Å². The molecule has 0 fully saturated rings. The summed E-state index contributed by atoms with van der Waals surface area (Å²) in [5.74, 6) is 0.652. The van der Waals surface area contributed by atoms with E-state index in [1.807, 2.05) is 31.0 Å². The van der Waals surface area contributed by atoms with Crippen LogP contribution < -0.4 is 10.1 Å². The lowest BCUT2D eigenvalue weighted by atomic mass is 10.1. The summed E-state index contributed by atoms with van der Waals surface area (Å²) < 4.78 is 5.37. The molecule has 4 nitrogen and oxygen atoms in total. The molecule has 0 aliphatic rings. The maximum Gasteiger partial charge on any atom is 0.238 e. The molecule has 6 heteroatoms. The molecule has 1 N–H and O–H groups in total. The number of aryl methyl sites for hydroxylation is 1. The number of rotatable bonds is 6. The number of nitrogens with one attached hydrogen (secondary N) is 1. The standard InChI is InChI=1S/C18H20Cl2N2O2/c1-12-4-7-17(24-3)13(8-12)10-22(2)11-18(23)21-16-9-14(19)5-6-15(16)20/h4-9H,10-11H2,1-3H3,(H,21,23). The summed E-state index contributed by atoms with van der Waals surface area (Å²) in [6.45, 7) is 2.85. The lowest BCUT2D eigenvalue weighted by Crippen LogP contribution is -2.30. The number of carbonyl (C=O) groups excluding carboxylic acids is 1. The van der Waals surface area contributed by atoms with Crippen molar-refractivity contribution in [3.05, 3.63) is 57.6 Å². The van der Waals surface area contributed by atoms with Crippen molar-refractivity contribution in [2.45, 2.75) is 13.5 Å². The molecule has 0 bridgehead atoms. The number of hydrogen-bond acceptors (Lipinski definition) is 3. The zero-order valence-corrected chi connectivity index (χ0v) is 15.4. The van der Waals surface area contributed by atoms with Crippen LogP contribution >= 0.6 is 23.2 Å². The third kappa shape index (κ3) is 5.13. The molecule has 0 aliphatic carbocycles. The maximum atomic E-state index is 12.2. The summed E-state index contributed by atoms with van der Waals surface area (Å²) in [7, 11) is 3.52. The van der Waals surface area contributed by atoms with Crippen LogP contribution in [-0.2, 0) is 11.3 Å². The normalized spacial score (nSPS) is 10.8. The fourth-order valence-electron chi connectivity index (χ4n) is 2.41.